The zero-order chi connectivity index (χ0) is 11.6. The van der Waals surface area contributed by atoms with E-state index in [0.29, 0.717) is 12.0 Å². The van der Waals surface area contributed by atoms with Crippen LogP contribution in [0.3, 0.4) is 0 Å². The highest BCUT2D eigenvalue weighted by atomic mass is 32.1. The highest BCUT2D eigenvalue weighted by Gasteiger charge is 2.44. The summed E-state index contributed by atoms with van der Waals surface area (Å²) >= 11 is 1.65. The largest absolute Gasteiger partial charge is 0.325 e. The Labute approximate surface area is 101 Å². The lowest BCUT2D eigenvalue weighted by atomic mass is 9.92. The Hall–Kier alpha value is -0.450. The van der Waals surface area contributed by atoms with Crippen LogP contribution in [0.4, 0.5) is 0 Å². The van der Waals surface area contributed by atoms with Gasteiger partial charge in [0, 0.05) is 25.0 Å². The molecule has 1 aliphatic rings. The summed E-state index contributed by atoms with van der Waals surface area (Å²) in [5.74, 6) is 0.787. The smallest absolute Gasteiger partial charge is 0.106 e. The van der Waals surface area contributed by atoms with E-state index in [-0.39, 0.29) is 0 Å². The molecule has 0 amide bonds. The number of nitrogens with two attached hydrogens (primary N) is 1. The molecule has 1 aliphatic carbocycles. The molecule has 0 aliphatic heterocycles. The van der Waals surface area contributed by atoms with Gasteiger partial charge in [0.15, 0.2) is 0 Å². The van der Waals surface area contributed by atoms with Crippen LogP contribution in [0.15, 0.2) is 5.38 Å². The van der Waals surface area contributed by atoms with Gasteiger partial charge in [-0.2, -0.15) is 0 Å². The van der Waals surface area contributed by atoms with Gasteiger partial charge in [-0.1, -0.05) is 13.8 Å². The fourth-order valence-electron chi connectivity index (χ4n) is 2.08. The topological polar surface area (TPSA) is 50.9 Å². The second kappa shape index (κ2) is 4.82. The molecule has 4 heteroatoms. The predicted octanol–water partition coefficient (Wildman–Crippen LogP) is 2.13. The lowest BCUT2D eigenvalue weighted by Crippen LogP contribution is -2.27. The van der Waals surface area contributed by atoms with E-state index in [9.17, 15) is 0 Å². The van der Waals surface area contributed by atoms with E-state index in [2.05, 4.69) is 29.5 Å². The van der Waals surface area contributed by atoms with Crippen molar-refractivity contribution in [2.45, 2.75) is 39.8 Å². The first-order valence-corrected chi connectivity index (χ1v) is 6.88. The Balaban J connectivity index is 1.76. The van der Waals surface area contributed by atoms with Gasteiger partial charge in [0.25, 0.3) is 0 Å². The summed E-state index contributed by atoms with van der Waals surface area (Å²) in [6.45, 7) is 7.21. The SMILES string of the molecule is CC(C)C1(CNCc2csc(CN)n2)CC1. The van der Waals surface area contributed by atoms with Crippen molar-refractivity contribution in [1.82, 2.24) is 10.3 Å². The van der Waals surface area contributed by atoms with E-state index in [1.165, 1.54) is 12.8 Å². The molecule has 0 bridgehead atoms. The molecule has 2 rings (SSSR count). The average Bonchev–Trinajstić information content (AvgIpc) is 2.91. The van der Waals surface area contributed by atoms with E-state index < -0.39 is 0 Å². The minimum Gasteiger partial charge on any atom is -0.325 e. The number of nitrogens with one attached hydrogen (secondary N) is 1. The Kier molecular flexibility index (Phi) is 3.62. The quantitative estimate of drug-likeness (QED) is 0.799. The van der Waals surface area contributed by atoms with Gasteiger partial charge >= 0.3 is 0 Å². The van der Waals surface area contributed by atoms with Gasteiger partial charge in [0.1, 0.15) is 5.01 Å². The standard InChI is InChI=1S/C12H21N3S/c1-9(2)12(3-4-12)8-14-6-10-7-16-11(5-13)15-10/h7,9,14H,3-6,8,13H2,1-2H3. The molecule has 3 nitrogen and oxygen atoms in total. The van der Waals surface area contributed by atoms with Gasteiger partial charge in [-0.3, -0.25) is 0 Å². The highest BCUT2D eigenvalue weighted by Crippen LogP contribution is 2.51. The van der Waals surface area contributed by atoms with Crippen LogP contribution in [0.25, 0.3) is 0 Å². The van der Waals surface area contributed by atoms with Crippen molar-refractivity contribution in [3.63, 3.8) is 0 Å². The third-order valence-corrected chi connectivity index (χ3v) is 4.59. The second-order valence-corrected chi connectivity index (χ2v) is 6.00. The Morgan fingerprint density at radius 1 is 1.56 bits per heavy atom. The van der Waals surface area contributed by atoms with Crippen molar-refractivity contribution in [2.24, 2.45) is 17.1 Å². The Morgan fingerprint density at radius 3 is 2.81 bits per heavy atom. The van der Waals surface area contributed by atoms with Crippen LogP contribution in [0.2, 0.25) is 0 Å². The van der Waals surface area contributed by atoms with Gasteiger partial charge < -0.3 is 11.1 Å². The number of rotatable bonds is 6. The molecule has 1 fully saturated rings. The van der Waals surface area contributed by atoms with Crippen molar-refractivity contribution in [2.75, 3.05) is 6.54 Å². The molecule has 0 saturated heterocycles. The maximum atomic E-state index is 5.54. The molecule has 3 N–H and O–H groups in total. The van der Waals surface area contributed by atoms with E-state index in [4.69, 9.17) is 5.73 Å². The molecule has 0 atom stereocenters. The normalized spacial score (nSPS) is 18.0. The van der Waals surface area contributed by atoms with Crippen LogP contribution >= 0.6 is 11.3 Å². The molecule has 90 valence electrons. The second-order valence-electron chi connectivity index (χ2n) is 5.06. The van der Waals surface area contributed by atoms with Gasteiger partial charge in [0.05, 0.1) is 5.69 Å². The molecule has 1 aromatic heterocycles. The first-order chi connectivity index (χ1) is 7.66. The average molecular weight is 239 g/mol. The van der Waals surface area contributed by atoms with Gasteiger partial charge in [-0.15, -0.1) is 11.3 Å². The number of hydrogen-bond donors (Lipinski definition) is 2. The summed E-state index contributed by atoms with van der Waals surface area (Å²) in [5, 5.41) is 6.66. The van der Waals surface area contributed by atoms with Gasteiger partial charge in [0.2, 0.25) is 0 Å². The van der Waals surface area contributed by atoms with E-state index in [0.717, 1.165) is 29.7 Å². The molecule has 1 aromatic rings. The molecule has 0 aromatic carbocycles. The Morgan fingerprint density at radius 2 is 2.31 bits per heavy atom. The van der Waals surface area contributed by atoms with Crippen LogP contribution in [0, 0.1) is 11.3 Å². The molecular formula is C12H21N3S. The molecule has 1 heterocycles. The highest BCUT2D eigenvalue weighted by molar-refractivity contribution is 7.09. The summed E-state index contributed by atoms with van der Waals surface area (Å²) in [7, 11) is 0. The first kappa shape index (κ1) is 12.0. The third-order valence-electron chi connectivity index (χ3n) is 3.67. The zero-order valence-electron chi connectivity index (χ0n) is 10.1. The van der Waals surface area contributed by atoms with Crippen LogP contribution in [0.1, 0.15) is 37.4 Å². The molecule has 0 unspecified atom stereocenters. The number of aromatic nitrogens is 1. The van der Waals surface area contributed by atoms with E-state index in [1.54, 1.807) is 11.3 Å². The van der Waals surface area contributed by atoms with Gasteiger partial charge in [-0.05, 0) is 24.2 Å². The van der Waals surface area contributed by atoms with Crippen molar-refractivity contribution in [1.29, 1.82) is 0 Å². The van der Waals surface area contributed by atoms with Crippen molar-refractivity contribution >= 4 is 11.3 Å². The summed E-state index contributed by atoms with van der Waals surface area (Å²) in [6, 6.07) is 0. The maximum Gasteiger partial charge on any atom is 0.106 e. The summed E-state index contributed by atoms with van der Waals surface area (Å²) < 4.78 is 0. The predicted molar refractivity (Wildman–Crippen MR) is 68.2 cm³/mol. The summed E-state index contributed by atoms with van der Waals surface area (Å²) in [6.07, 6.45) is 2.76. The Bertz CT molecular complexity index is 342. The van der Waals surface area contributed by atoms with E-state index in [1.807, 2.05) is 0 Å². The van der Waals surface area contributed by atoms with Gasteiger partial charge in [-0.25, -0.2) is 4.98 Å². The summed E-state index contributed by atoms with van der Waals surface area (Å²) in [5.41, 5.74) is 7.24. The van der Waals surface area contributed by atoms with Crippen LogP contribution in [0.5, 0.6) is 0 Å². The van der Waals surface area contributed by atoms with Crippen LogP contribution in [-0.2, 0) is 13.1 Å². The molecule has 0 radical (unpaired) electrons. The van der Waals surface area contributed by atoms with Crippen LogP contribution in [-0.4, -0.2) is 11.5 Å². The maximum absolute atomic E-state index is 5.54. The summed E-state index contributed by atoms with van der Waals surface area (Å²) in [4.78, 5) is 4.44. The minimum atomic E-state index is 0.556. The van der Waals surface area contributed by atoms with Crippen molar-refractivity contribution in [3.8, 4) is 0 Å². The fourth-order valence-corrected chi connectivity index (χ4v) is 2.76. The van der Waals surface area contributed by atoms with Crippen molar-refractivity contribution in [3.05, 3.63) is 16.1 Å². The van der Waals surface area contributed by atoms with Crippen molar-refractivity contribution < 1.29 is 0 Å². The molecule has 0 spiro atoms. The molecule has 16 heavy (non-hydrogen) atoms. The lowest BCUT2D eigenvalue weighted by molar-refractivity contribution is 0.337. The molecular weight excluding hydrogens is 218 g/mol. The van der Waals surface area contributed by atoms with E-state index >= 15 is 0 Å². The monoisotopic (exact) mass is 239 g/mol. The fraction of sp³-hybridized carbons (Fsp3) is 0.750. The first-order valence-electron chi connectivity index (χ1n) is 6.00. The number of thiazole rings is 1. The van der Waals surface area contributed by atoms with Crippen LogP contribution < -0.4 is 11.1 Å². The number of nitrogens with zero attached hydrogens (tertiary/aromatic N) is 1. The molecule has 1 saturated carbocycles. The zero-order valence-corrected chi connectivity index (χ0v) is 10.9. The lowest BCUT2D eigenvalue weighted by Gasteiger charge is -2.19. The number of hydrogen-bond acceptors (Lipinski definition) is 4. The third kappa shape index (κ3) is 2.62. The minimum absolute atomic E-state index is 0.556.